The molecule has 2 aliphatic rings. The second-order valence-corrected chi connectivity index (χ2v) is 15.8. The lowest BCUT2D eigenvalue weighted by molar-refractivity contribution is 0.747. The third kappa shape index (κ3) is 4.84. The molecule has 0 bridgehead atoms. The van der Waals surface area contributed by atoms with E-state index in [0.717, 1.165) is 51.2 Å². The van der Waals surface area contributed by atoms with E-state index in [2.05, 4.69) is 204 Å². The van der Waals surface area contributed by atoms with Crippen LogP contribution in [0.2, 0.25) is 0 Å². The van der Waals surface area contributed by atoms with Crippen LogP contribution >= 0.6 is 0 Å². The largest absolute Gasteiger partial charge is 0.309 e. The summed E-state index contributed by atoms with van der Waals surface area (Å²) >= 11 is 0. The van der Waals surface area contributed by atoms with E-state index in [1.165, 1.54) is 60.6 Å². The van der Waals surface area contributed by atoms with Gasteiger partial charge in [-0.25, -0.2) is 4.98 Å². The van der Waals surface area contributed by atoms with Crippen molar-refractivity contribution in [1.82, 2.24) is 19.1 Å². The number of allylic oxidation sites excluding steroid dienone is 6. The molecular formula is C55H38N4. The van der Waals surface area contributed by atoms with Crippen LogP contribution in [0.1, 0.15) is 30.0 Å². The zero-order chi connectivity index (χ0) is 39.1. The van der Waals surface area contributed by atoms with E-state index < -0.39 is 5.41 Å². The number of fused-ring (bicyclic) bond motifs is 9. The molecule has 4 heteroatoms. The first-order valence-electron chi connectivity index (χ1n) is 20.4. The summed E-state index contributed by atoms with van der Waals surface area (Å²) in [6.07, 6.45) is 13.7. The van der Waals surface area contributed by atoms with Gasteiger partial charge in [-0.3, -0.25) is 9.55 Å². The van der Waals surface area contributed by atoms with Crippen LogP contribution in [-0.4, -0.2) is 19.1 Å². The quantitative estimate of drug-likeness (QED) is 0.175. The molecule has 0 N–H and O–H groups in total. The van der Waals surface area contributed by atoms with Crippen LogP contribution in [0.3, 0.4) is 0 Å². The van der Waals surface area contributed by atoms with Gasteiger partial charge in [0.15, 0.2) is 0 Å². The van der Waals surface area contributed by atoms with E-state index in [9.17, 15) is 0 Å². The number of nitrogens with zero attached hydrogens (tertiary/aromatic N) is 4. The van der Waals surface area contributed by atoms with Gasteiger partial charge in [0.25, 0.3) is 0 Å². The van der Waals surface area contributed by atoms with Crippen molar-refractivity contribution in [3.8, 4) is 33.8 Å². The number of para-hydroxylation sites is 3. The number of hydrogen-bond donors (Lipinski definition) is 0. The Labute approximate surface area is 342 Å². The summed E-state index contributed by atoms with van der Waals surface area (Å²) < 4.78 is 4.71. The molecule has 0 spiro atoms. The van der Waals surface area contributed by atoms with Gasteiger partial charge in [-0.15, -0.1) is 0 Å². The molecule has 2 aliphatic carbocycles. The lowest BCUT2D eigenvalue weighted by Gasteiger charge is -2.35. The molecule has 278 valence electrons. The predicted octanol–water partition coefficient (Wildman–Crippen LogP) is 13.5. The number of pyridine rings is 2. The molecule has 0 saturated carbocycles. The van der Waals surface area contributed by atoms with Crippen LogP contribution in [-0.2, 0) is 5.41 Å². The average molecular weight is 755 g/mol. The molecule has 4 aromatic heterocycles. The van der Waals surface area contributed by atoms with Gasteiger partial charge >= 0.3 is 0 Å². The van der Waals surface area contributed by atoms with Crippen LogP contribution in [0.4, 0.5) is 0 Å². The molecule has 0 aliphatic heterocycles. The maximum Gasteiger partial charge on any atom is 0.146 e. The van der Waals surface area contributed by atoms with Gasteiger partial charge in [0.2, 0.25) is 0 Å². The second kappa shape index (κ2) is 13.0. The smallest absolute Gasteiger partial charge is 0.146 e. The maximum atomic E-state index is 5.71. The second-order valence-electron chi connectivity index (χ2n) is 15.8. The van der Waals surface area contributed by atoms with Gasteiger partial charge in [-0.05, 0) is 101 Å². The molecule has 6 aromatic carbocycles. The number of rotatable bonds is 5. The minimum absolute atomic E-state index is 0.573. The van der Waals surface area contributed by atoms with Crippen LogP contribution in [0.5, 0.6) is 0 Å². The lowest BCUT2D eigenvalue weighted by atomic mass is 9.66. The van der Waals surface area contributed by atoms with Gasteiger partial charge in [0, 0.05) is 50.9 Å². The van der Waals surface area contributed by atoms with Crippen LogP contribution < -0.4 is 0 Å². The number of hydrogen-bond acceptors (Lipinski definition) is 2. The molecule has 1 unspecified atom stereocenters. The molecule has 1 atom stereocenters. The van der Waals surface area contributed by atoms with Crippen molar-refractivity contribution in [2.45, 2.75) is 18.8 Å². The Kier molecular flexibility index (Phi) is 7.39. The Morgan fingerprint density at radius 2 is 1.14 bits per heavy atom. The molecule has 59 heavy (non-hydrogen) atoms. The van der Waals surface area contributed by atoms with Crippen molar-refractivity contribution in [3.63, 3.8) is 0 Å². The average Bonchev–Trinajstić information content (AvgIpc) is 3.84. The molecule has 0 radical (unpaired) electrons. The zero-order valence-corrected chi connectivity index (χ0v) is 32.5. The molecule has 0 amide bonds. The van der Waals surface area contributed by atoms with E-state index in [1.807, 2.05) is 12.4 Å². The first kappa shape index (κ1) is 33.6. The molecule has 10 aromatic rings. The van der Waals surface area contributed by atoms with Crippen molar-refractivity contribution in [1.29, 1.82) is 0 Å². The minimum Gasteiger partial charge on any atom is -0.309 e. The van der Waals surface area contributed by atoms with Crippen LogP contribution in [0.25, 0.3) is 77.5 Å². The topological polar surface area (TPSA) is 35.6 Å². The fourth-order valence-electron chi connectivity index (χ4n) is 10.1. The molecule has 0 saturated heterocycles. The summed E-state index contributed by atoms with van der Waals surface area (Å²) in [6.45, 7) is 2.27. The van der Waals surface area contributed by atoms with E-state index in [-0.39, 0.29) is 0 Å². The molecular weight excluding hydrogens is 717 g/mol. The van der Waals surface area contributed by atoms with Crippen molar-refractivity contribution in [2.24, 2.45) is 0 Å². The summed E-state index contributed by atoms with van der Waals surface area (Å²) in [5, 5.41) is 4.86. The van der Waals surface area contributed by atoms with Gasteiger partial charge < -0.3 is 4.57 Å². The fourth-order valence-corrected chi connectivity index (χ4v) is 10.1. The Morgan fingerprint density at radius 1 is 0.542 bits per heavy atom. The maximum absolute atomic E-state index is 5.71. The predicted molar refractivity (Wildman–Crippen MR) is 244 cm³/mol. The van der Waals surface area contributed by atoms with Crippen molar-refractivity contribution in [3.05, 3.63) is 228 Å². The van der Waals surface area contributed by atoms with E-state index in [4.69, 9.17) is 9.97 Å². The highest BCUT2D eigenvalue weighted by molar-refractivity contribution is 6.10. The molecule has 4 heterocycles. The third-order valence-electron chi connectivity index (χ3n) is 12.7. The molecule has 4 nitrogen and oxygen atoms in total. The van der Waals surface area contributed by atoms with E-state index >= 15 is 0 Å². The summed E-state index contributed by atoms with van der Waals surface area (Å²) in [6, 6.07) is 59.5. The van der Waals surface area contributed by atoms with Crippen molar-refractivity contribution in [2.75, 3.05) is 0 Å². The van der Waals surface area contributed by atoms with Crippen molar-refractivity contribution < 1.29 is 0 Å². The van der Waals surface area contributed by atoms with Crippen LogP contribution in [0, 0.1) is 0 Å². The zero-order valence-electron chi connectivity index (χ0n) is 32.5. The first-order valence-corrected chi connectivity index (χ1v) is 20.4. The Hall–Kier alpha value is -7.56. The lowest BCUT2D eigenvalue weighted by Crippen LogP contribution is -2.30. The first-order chi connectivity index (χ1) is 29.2. The van der Waals surface area contributed by atoms with Crippen LogP contribution in [0.15, 0.2) is 212 Å². The standard InChI is InChI=1S/C55H38N4/c1-36-14-3-2-4-20-47(36)55(39-15-13-33-56-35-39)48-21-9-5-19-45(48)53-49(55)34-46-44-18-8-12-24-52(44)59(54(46)57-53)41-31-27-38(28-32-41)37-25-29-40(30-26-37)58-50-22-10-6-16-42(50)43-17-7-11-23-51(43)58/h2-13,15-35H,14H2,1H3. The summed E-state index contributed by atoms with van der Waals surface area (Å²) in [5.41, 5.74) is 16.9. The fraction of sp³-hybridized carbons (Fsp3) is 0.0545. The van der Waals surface area contributed by atoms with Gasteiger partial charge in [0.05, 0.1) is 27.7 Å². The minimum atomic E-state index is -0.573. The summed E-state index contributed by atoms with van der Waals surface area (Å²) in [5.74, 6) is 0. The van der Waals surface area contributed by atoms with Crippen molar-refractivity contribution >= 4 is 43.7 Å². The number of aromatic nitrogens is 4. The normalized spacial score (nSPS) is 16.0. The highest BCUT2D eigenvalue weighted by Gasteiger charge is 2.48. The summed E-state index contributed by atoms with van der Waals surface area (Å²) in [7, 11) is 0. The van der Waals surface area contributed by atoms with E-state index in [1.54, 1.807) is 0 Å². The molecule has 0 fully saturated rings. The van der Waals surface area contributed by atoms with Gasteiger partial charge in [-0.1, -0.05) is 139 Å². The van der Waals surface area contributed by atoms with E-state index in [0.29, 0.717) is 0 Å². The summed E-state index contributed by atoms with van der Waals surface area (Å²) in [4.78, 5) is 10.4. The highest BCUT2D eigenvalue weighted by Crippen LogP contribution is 2.58. The number of benzene rings is 6. The van der Waals surface area contributed by atoms with Gasteiger partial charge in [-0.2, -0.15) is 0 Å². The Balaban J connectivity index is 1.01. The molecule has 12 rings (SSSR count). The Morgan fingerprint density at radius 3 is 1.80 bits per heavy atom. The SMILES string of the molecule is CC1=C(C2(c3cccnc3)c3ccccc3-c3nc4c(cc32)c2ccccc2n4-c2ccc(-c3ccc(-n4c5ccccc5c5ccccc54)cc3)cc2)C=CC=CC1. The van der Waals surface area contributed by atoms with Gasteiger partial charge in [0.1, 0.15) is 5.65 Å². The Bertz CT molecular complexity index is 3340. The monoisotopic (exact) mass is 754 g/mol. The third-order valence-corrected chi connectivity index (χ3v) is 12.7. The highest BCUT2D eigenvalue weighted by atomic mass is 15.1.